The van der Waals surface area contributed by atoms with Crippen molar-refractivity contribution in [3.8, 4) is 5.75 Å². The first-order valence-corrected chi connectivity index (χ1v) is 8.72. The van der Waals surface area contributed by atoms with Crippen molar-refractivity contribution in [2.45, 2.75) is 18.4 Å². The summed E-state index contributed by atoms with van der Waals surface area (Å²) < 4.78 is 11.0. The minimum absolute atomic E-state index is 0.0888. The average molecular weight is 355 g/mol. The van der Waals surface area contributed by atoms with Crippen LogP contribution in [0.1, 0.15) is 11.5 Å². The standard InChI is InChI=1S/C18H17N3O3S/c22-16(19-11-14-7-3-1-4-8-14)13-25-18-21-20-17(24-18)12-23-15-9-5-2-6-10-15/h1-10H,11-13H2,(H,19,22). The lowest BCUT2D eigenvalue weighted by Gasteiger charge is -2.03. The largest absolute Gasteiger partial charge is 0.484 e. The Morgan fingerprint density at radius 2 is 1.76 bits per heavy atom. The van der Waals surface area contributed by atoms with Gasteiger partial charge in [-0.3, -0.25) is 4.79 Å². The predicted octanol–water partition coefficient (Wildman–Crippen LogP) is 3.06. The maximum absolute atomic E-state index is 11.9. The van der Waals surface area contributed by atoms with E-state index in [1.165, 1.54) is 11.8 Å². The number of amides is 1. The lowest BCUT2D eigenvalue weighted by molar-refractivity contribution is -0.118. The summed E-state index contributed by atoms with van der Waals surface area (Å²) in [5.74, 6) is 1.23. The van der Waals surface area contributed by atoms with Crippen molar-refractivity contribution in [3.63, 3.8) is 0 Å². The molecule has 1 amide bonds. The number of nitrogens with zero attached hydrogens (tertiary/aromatic N) is 2. The number of thioether (sulfide) groups is 1. The molecule has 0 unspecified atom stereocenters. The number of benzene rings is 2. The third-order valence-electron chi connectivity index (χ3n) is 3.21. The van der Waals surface area contributed by atoms with Crippen molar-refractivity contribution in [2.24, 2.45) is 0 Å². The van der Waals surface area contributed by atoms with E-state index >= 15 is 0 Å². The fourth-order valence-electron chi connectivity index (χ4n) is 1.99. The lowest BCUT2D eigenvalue weighted by atomic mass is 10.2. The summed E-state index contributed by atoms with van der Waals surface area (Å²) in [5, 5.41) is 11.0. The quantitative estimate of drug-likeness (QED) is 0.626. The van der Waals surface area contributed by atoms with Crippen molar-refractivity contribution in [2.75, 3.05) is 5.75 Å². The molecule has 3 aromatic rings. The summed E-state index contributed by atoms with van der Waals surface area (Å²) in [4.78, 5) is 11.9. The molecule has 1 aromatic heterocycles. The van der Waals surface area contributed by atoms with Crippen LogP contribution >= 0.6 is 11.8 Å². The highest BCUT2D eigenvalue weighted by Gasteiger charge is 2.10. The maximum atomic E-state index is 11.9. The molecule has 0 fully saturated rings. The third-order valence-corrected chi connectivity index (χ3v) is 4.03. The molecule has 25 heavy (non-hydrogen) atoms. The van der Waals surface area contributed by atoms with Gasteiger partial charge in [0.05, 0.1) is 5.75 Å². The van der Waals surface area contributed by atoms with E-state index in [1.807, 2.05) is 60.7 Å². The van der Waals surface area contributed by atoms with Crippen molar-refractivity contribution in [1.82, 2.24) is 15.5 Å². The highest BCUT2D eigenvalue weighted by molar-refractivity contribution is 7.99. The van der Waals surface area contributed by atoms with Gasteiger partial charge in [-0.2, -0.15) is 0 Å². The summed E-state index contributed by atoms with van der Waals surface area (Å²) in [5.41, 5.74) is 1.05. The molecule has 2 aromatic carbocycles. The molecule has 7 heteroatoms. The number of nitrogens with one attached hydrogen (secondary N) is 1. The van der Waals surface area contributed by atoms with E-state index in [0.29, 0.717) is 17.7 Å². The van der Waals surface area contributed by atoms with Crippen molar-refractivity contribution in [1.29, 1.82) is 0 Å². The number of para-hydroxylation sites is 1. The second kappa shape index (κ2) is 8.89. The van der Waals surface area contributed by atoms with Gasteiger partial charge in [-0.15, -0.1) is 10.2 Å². The fraction of sp³-hybridized carbons (Fsp3) is 0.167. The normalized spacial score (nSPS) is 10.4. The molecule has 0 spiro atoms. The molecule has 1 N–H and O–H groups in total. The zero-order valence-corrected chi connectivity index (χ0v) is 14.2. The lowest BCUT2D eigenvalue weighted by Crippen LogP contribution is -2.24. The number of carbonyl (C=O) groups is 1. The van der Waals surface area contributed by atoms with E-state index in [4.69, 9.17) is 9.15 Å². The number of hydrogen-bond donors (Lipinski definition) is 1. The van der Waals surface area contributed by atoms with Gasteiger partial charge in [0.25, 0.3) is 11.1 Å². The Bertz CT molecular complexity index is 794. The van der Waals surface area contributed by atoms with Crippen LogP contribution in [0, 0.1) is 0 Å². The van der Waals surface area contributed by atoms with Gasteiger partial charge in [0.15, 0.2) is 6.61 Å². The van der Waals surface area contributed by atoms with Gasteiger partial charge in [-0.1, -0.05) is 60.3 Å². The first kappa shape index (κ1) is 17.0. The molecule has 0 saturated heterocycles. The summed E-state index contributed by atoms with van der Waals surface area (Å²) in [6.07, 6.45) is 0. The zero-order valence-electron chi connectivity index (χ0n) is 13.4. The number of hydrogen-bond acceptors (Lipinski definition) is 6. The van der Waals surface area contributed by atoms with E-state index in [1.54, 1.807) is 0 Å². The molecule has 0 bridgehead atoms. The Labute approximate surface area is 149 Å². The van der Waals surface area contributed by atoms with Gasteiger partial charge >= 0.3 is 0 Å². The van der Waals surface area contributed by atoms with Crippen LogP contribution < -0.4 is 10.1 Å². The summed E-state index contributed by atoms with van der Waals surface area (Å²) in [6.45, 7) is 0.692. The molecule has 0 radical (unpaired) electrons. The molecule has 0 aliphatic heterocycles. The van der Waals surface area contributed by atoms with Crippen molar-refractivity contribution < 1.29 is 13.9 Å². The van der Waals surface area contributed by atoms with Crippen LogP contribution in [0.15, 0.2) is 70.3 Å². The Morgan fingerprint density at radius 1 is 1.04 bits per heavy atom. The van der Waals surface area contributed by atoms with Crippen LogP contribution in [0.5, 0.6) is 5.75 Å². The van der Waals surface area contributed by atoms with E-state index in [-0.39, 0.29) is 18.3 Å². The smallest absolute Gasteiger partial charge is 0.277 e. The summed E-state index contributed by atoms with van der Waals surface area (Å²) >= 11 is 1.20. The SMILES string of the molecule is O=C(CSc1nnc(COc2ccccc2)o1)NCc1ccccc1. The summed E-state index contributed by atoms with van der Waals surface area (Å²) in [6, 6.07) is 19.1. The van der Waals surface area contributed by atoms with Crippen molar-refractivity contribution >= 4 is 17.7 Å². The van der Waals surface area contributed by atoms with Crippen LogP contribution in [-0.2, 0) is 17.9 Å². The third kappa shape index (κ3) is 5.65. The molecule has 1 heterocycles. The number of ether oxygens (including phenoxy) is 1. The molecule has 0 atom stereocenters. The first-order valence-electron chi connectivity index (χ1n) is 7.73. The Kier molecular flexibility index (Phi) is 6.06. The van der Waals surface area contributed by atoms with Crippen LogP contribution in [0.3, 0.4) is 0 Å². The van der Waals surface area contributed by atoms with Gasteiger partial charge in [-0.05, 0) is 17.7 Å². The monoisotopic (exact) mass is 355 g/mol. The molecule has 3 rings (SSSR count). The van der Waals surface area contributed by atoms with E-state index < -0.39 is 0 Å². The van der Waals surface area contributed by atoms with Crippen LogP contribution in [-0.4, -0.2) is 21.9 Å². The molecule has 0 aliphatic rings. The second-order valence-corrected chi connectivity index (χ2v) is 6.04. The van der Waals surface area contributed by atoms with Gasteiger partial charge in [0.1, 0.15) is 5.75 Å². The van der Waals surface area contributed by atoms with Crippen LogP contribution in [0.4, 0.5) is 0 Å². The Morgan fingerprint density at radius 3 is 2.52 bits per heavy atom. The average Bonchev–Trinajstić information content (AvgIpc) is 3.13. The van der Waals surface area contributed by atoms with E-state index in [0.717, 1.165) is 11.3 Å². The molecule has 128 valence electrons. The second-order valence-electron chi connectivity index (χ2n) is 5.11. The molecule has 6 nitrogen and oxygen atoms in total. The fourth-order valence-corrected chi connectivity index (χ4v) is 2.60. The van der Waals surface area contributed by atoms with Crippen LogP contribution in [0.25, 0.3) is 0 Å². The minimum Gasteiger partial charge on any atom is -0.484 e. The number of aromatic nitrogens is 2. The molecule has 0 saturated carbocycles. The highest BCUT2D eigenvalue weighted by atomic mass is 32.2. The highest BCUT2D eigenvalue weighted by Crippen LogP contribution is 2.17. The topological polar surface area (TPSA) is 77.2 Å². The van der Waals surface area contributed by atoms with Crippen LogP contribution in [0.2, 0.25) is 0 Å². The molecular formula is C18H17N3O3S. The maximum Gasteiger partial charge on any atom is 0.277 e. The Balaban J connectivity index is 1.40. The Hall–Kier alpha value is -2.80. The zero-order chi connectivity index (χ0) is 17.3. The minimum atomic E-state index is -0.0888. The first-order chi connectivity index (χ1) is 12.3. The van der Waals surface area contributed by atoms with Gasteiger partial charge < -0.3 is 14.5 Å². The number of carbonyl (C=O) groups excluding carboxylic acids is 1. The molecular weight excluding hydrogens is 338 g/mol. The summed E-state index contributed by atoms with van der Waals surface area (Å²) in [7, 11) is 0. The molecule has 0 aliphatic carbocycles. The van der Waals surface area contributed by atoms with Gasteiger partial charge in [0, 0.05) is 6.54 Å². The van der Waals surface area contributed by atoms with Crippen molar-refractivity contribution in [3.05, 3.63) is 72.1 Å². The van der Waals surface area contributed by atoms with E-state index in [2.05, 4.69) is 15.5 Å². The predicted molar refractivity (Wildman–Crippen MR) is 94.1 cm³/mol. The van der Waals surface area contributed by atoms with Gasteiger partial charge in [0.2, 0.25) is 5.91 Å². The van der Waals surface area contributed by atoms with Gasteiger partial charge in [-0.25, -0.2) is 0 Å². The van der Waals surface area contributed by atoms with E-state index in [9.17, 15) is 4.79 Å². The number of rotatable bonds is 8.